The van der Waals surface area contributed by atoms with Crippen molar-refractivity contribution in [2.45, 2.75) is 25.7 Å². The van der Waals surface area contributed by atoms with Gasteiger partial charge >= 0.3 is 0 Å². The van der Waals surface area contributed by atoms with Crippen molar-refractivity contribution in [3.05, 3.63) is 0 Å². The lowest BCUT2D eigenvalue weighted by molar-refractivity contribution is -0.119. The number of amides is 1. The minimum absolute atomic E-state index is 0.209. The summed E-state index contributed by atoms with van der Waals surface area (Å²) in [5, 5.41) is 3.43. The van der Waals surface area contributed by atoms with Crippen molar-refractivity contribution < 1.29 is 9.53 Å². The lowest BCUT2D eigenvalue weighted by Gasteiger charge is -2.34. The number of methoxy groups -OCH3 is 1. The zero-order valence-corrected chi connectivity index (χ0v) is 14.9. The third-order valence-electron chi connectivity index (χ3n) is 4.20. The molecule has 1 rings (SSSR count). The number of hydrogen-bond donors (Lipinski definition) is 2. The Bertz CT molecular complexity index is 375. The Kier molecular flexibility index (Phi) is 9.63. The van der Waals surface area contributed by atoms with Gasteiger partial charge in [-0.05, 0) is 38.8 Å². The Morgan fingerprint density at radius 3 is 2.91 bits per heavy atom. The van der Waals surface area contributed by atoms with Crippen LogP contribution in [-0.2, 0) is 9.53 Å². The predicted octanol–water partition coefficient (Wildman–Crippen LogP) is 0.118. The summed E-state index contributed by atoms with van der Waals surface area (Å²) in [6.07, 6.45) is 3.68. The van der Waals surface area contributed by atoms with Crippen LogP contribution >= 0.6 is 0 Å². The van der Waals surface area contributed by atoms with Crippen molar-refractivity contribution in [3.8, 4) is 0 Å². The van der Waals surface area contributed by atoms with Gasteiger partial charge in [-0.3, -0.25) is 9.79 Å². The van der Waals surface area contributed by atoms with E-state index in [0.717, 1.165) is 64.6 Å². The molecule has 1 amide bonds. The molecule has 0 aromatic heterocycles. The first-order valence-corrected chi connectivity index (χ1v) is 8.48. The summed E-state index contributed by atoms with van der Waals surface area (Å²) in [6.45, 7) is 5.48. The van der Waals surface area contributed by atoms with E-state index in [2.05, 4.69) is 27.2 Å². The Hall–Kier alpha value is -1.34. The average Bonchev–Trinajstić information content (AvgIpc) is 2.52. The number of likely N-dealkylation sites (tertiary alicyclic amines) is 1. The van der Waals surface area contributed by atoms with Crippen LogP contribution in [0.3, 0.4) is 0 Å². The van der Waals surface area contributed by atoms with Gasteiger partial charge in [-0.25, -0.2) is 0 Å². The van der Waals surface area contributed by atoms with E-state index >= 15 is 0 Å². The van der Waals surface area contributed by atoms with Gasteiger partial charge < -0.3 is 25.6 Å². The molecule has 1 saturated heterocycles. The molecule has 0 aromatic carbocycles. The molecule has 23 heavy (non-hydrogen) atoms. The number of hydrogen-bond acceptors (Lipinski definition) is 4. The van der Waals surface area contributed by atoms with E-state index in [4.69, 9.17) is 10.5 Å². The topological polar surface area (TPSA) is 83.2 Å². The maximum Gasteiger partial charge on any atom is 0.217 e. The molecule has 1 heterocycles. The monoisotopic (exact) mass is 327 g/mol. The number of nitrogens with two attached hydrogens (primary N) is 1. The maximum atomic E-state index is 11.1. The van der Waals surface area contributed by atoms with Gasteiger partial charge in [0.2, 0.25) is 5.91 Å². The minimum atomic E-state index is -0.209. The third kappa shape index (κ3) is 8.18. The van der Waals surface area contributed by atoms with Crippen LogP contribution in [0.4, 0.5) is 0 Å². The summed E-state index contributed by atoms with van der Waals surface area (Å²) in [4.78, 5) is 20.0. The molecule has 0 bridgehead atoms. The minimum Gasteiger partial charge on any atom is -0.383 e. The highest BCUT2D eigenvalue weighted by atomic mass is 16.5. The number of guanidine groups is 1. The standard InChI is InChI=1S/C16H33N5O2/c1-18-16(19-7-5-8-20(2)10-11-23-3)21-9-4-6-14(13-21)12-15(17)22/h14H,4-13H2,1-3H3,(H2,17,22)(H,18,19). The van der Waals surface area contributed by atoms with Gasteiger partial charge in [-0.2, -0.15) is 0 Å². The van der Waals surface area contributed by atoms with Crippen LogP contribution in [0.15, 0.2) is 4.99 Å². The number of nitrogens with one attached hydrogen (secondary N) is 1. The fourth-order valence-corrected chi connectivity index (χ4v) is 2.95. The van der Waals surface area contributed by atoms with E-state index < -0.39 is 0 Å². The van der Waals surface area contributed by atoms with E-state index in [1.165, 1.54) is 0 Å². The second kappa shape index (κ2) is 11.2. The van der Waals surface area contributed by atoms with E-state index in [9.17, 15) is 4.79 Å². The number of piperidine rings is 1. The van der Waals surface area contributed by atoms with Gasteiger partial charge in [0.05, 0.1) is 6.61 Å². The number of aliphatic imine (C=N–C) groups is 1. The molecule has 1 fully saturated rings. The fourth-order valence-electron chi connectivity index (χ4n) is 2.95. The van der Waals surface area contributed by atoms with Crippen molar-refractivity contribution in [2.24, 2.45) is 16.6 Å². The van der Waals surface area contributed by atoms with Crippen molar-refractivity contribution >= 4 is 11.9 Å². The summed E-state index contributed by atoms with van der Waals surface area (Å²) in [6, 6.07) is 0. The molecule has 0 saturated carbocycles. The summed E-state index contributed by atoms with van der Waals surface area (Å²) in [7, 11) is 5.64. The smallest absolute Gasteiger partial charge is 0.217 e. The highest BCUT2D eigenvalue weighted by Gasteiger charge is 2.23. The van der Waals surface area contributed by atoms with Crippen LogP contribution in [-0.4, -0.2) is 82.2 Å². The van der Waals surface area contributed by atoms with Gasteiger partial charge in [0.25, 0.3) is 0 Å². The zero-order chi connectivity index (χ0) is 17.1. The van der Waals surface area contributed by atoms with Crippen LogP contribution < -0.4 is 11.1 Å². The van der Waals surface area contributed by atoms with Gasteiger partial charge in [-0.15, -0.1) is 0 Å². The maximum absolute atomic E-state index is 11.1. The molecule has 0 aliphatic carbocycles. The van der Waals surface area contributed by atoms with Gasteiger partial charge in [0, 0.05) is 46.8 Å². The summed E-state index contributed by atoms with van der Waals surface area (Å²) >= 11 is 0. The number of carbonyl (C=O) groups is 1. The number of primary amides is 1. The molecule has 1 unspecified atom stereocenters. The van der Waals surface area contributed by atoms with E-state index in [1.54, 1.807) is 7.11 Å². The van der Waals surface area contributed by atoms with E-state index in [-0.39, 0.29) is 5.91 Å². The van der Waals surface area contributed by atoms with Crippen molar-refractivity contribution in [3.63, 3.8) is 0 Å². The van der Waals surface area contributed by atoms with Crippen LogP contribution in [0.1, 0.15) is 25.7 Å². The molecule has 134 valence electrons. The van der Waals surface area contributed by atoms with E-state index in [0.29, 0.717) is 12.3 Å². The first-order valence-electron chi connectivity index (χ1n) is 8.48. The number of carbonyl (C=O) groups excluding carboxylic acids is 1. The number of ether oxygens (including phenoxy) is 1. The van der Waals surface area contributed by atoms with Crippen molar-refractivity contribution in [1.82, 2.24) is 15.1 Å². The molecule has 1 aliphatic heterocycles. The normalized spacial score (nSPS) is 19.2. The first kappa shape index (κ1) is 19.7. The largest absolute Gasteiger partial charge is 0.383 e. The second-order valence-corrected chi connectivity index (χ2v) is 6.25. The molecule has 1 aliphatic rings. The van der Waals surface area contributed by atoms with Gasteiger partial charge in [0.1, 0.15) is 0 Å². The lowest BCUT2D eigenvalue weighted by Crippen LogP contribution is -2.47. The zero-order valence-electron chi connectivity index (χ0n) is 14.9. The van der Waals surface area contributed by atoms with E-state index in [1.807, 2.05) is 7.05 Å². The molecule has 7 heteroatoms. The number of likely N-dealkylation sites (N-methyl/N-ethyl adjacent to an activating group) is 1. The number of nitrogens with zero attached hydrogens (tertiary/aromatic N) is 3. The lowest BCUT2D eigenvalue weighted by atomic mass is 9.95. The molecule has 7 nitrogen and oxygen atoms in total. The Morgan fingerprint density at radius 2 is 2.26 bits per heavy atom. The average molecular weight is 327 g/mol. The SMILES string of the molecule is CN=C(NCCCN(C)CCOC)N1CCCC(CC(N)=O)C1. The quantitative estimate of drug-likeness (QED) is 0.357. The Labute approximate surface area is 140 Å². The Morgan fingerprint density at radius 1 is 1.48 bits per heavy atom. The highest BCUT2D eigenvalue weighted by Crippen LogP contribution is 2.19. The molecule has 3 N–H and O–H groups in total. The molecular formula is C16H33N5O2. The summed E-state index contributed by atoms with van der Waals surface area (Å²) in [5.41, 5.74) is 5.32. The van der Waals surface area contributed by atoms with Gasteiger partial charge in [-0.1, -0.05) is 0 Å². The molecule has 0 spiro atoms. The van der Waals surface area contributed by atoms with Crippen LogP contribution in [0.5, 0.6) is 0 Å². The van der Waals surface area contributed by atoms with Crippen LogP contribution in [0, 0.1) is 5.92 Å². The highest BCUT2D eigenvalue weighted by molar-refractivity contribution is 5.80. The van der Waals surface area contributed by atoms with Crippen molar-refractivity contribution in [2.75, 3.05) is 60.5 Å². The molecule has 1 atom stereocenters. The first-order chi connectivity index (χ1) is 11.1. The molecule has 0 aromatic rings. The fraction of sp³-hybridized carbons (Fsp3) is 0.875. The molecular weight excluding hydrogens is 294 g/mol. The summed E-state index contributed by atoms with van der Waals surface area (Å²) in [5.74, 6) is 1.07. The predicted molar refractivity (Wildman–Crippen MR) is 93.5 cm³/mol. The van der Waals surface area contributed by atoms with Crippen molar-refractivity contribution in [1.29, 1.82) is 0 Å². The Balaban J connectivity index is 2.29. The van der Waals surface area contributed by atoms with Gasteiger partial charge in [0.15, 0.2) is 5.96 Å². The summed E-state index contributed by atoms with van der Waals surface area (Å²) < 4.78 is 5.08. The number of rotatable bonds is 9. The second-order valence-electron chi connectivity index (χ2n) is 6.25. The van der Waals surface area contributed by atoms with Crippen LogP contribution in [0.2, 0.25) is 0 Å². The molecule has 0 radical (unpaired) electrons. The van der Waals surface area contributed by atoms with Crippen LogP contribution in [0.25, 0.3) is 0 Å². The third-order valence-corrected chi connectivity index (χ3v) is 4.20.